The van der Waals surface area contributed by atoms with Gasteiger partial charge in [-0.15, -0.1) is 0 Å². The smallest absolute Gasteiger partial charge is 0.306 e. The quantitative estimate of drug-likeness (QED) is 0.670. The van der Waals surface area contributed by atoms with Crippen LogP contribution in [0.25, 0.3) is 0 Å². The molecule has 0 aliphatic rings. The van der Waals surface area contributed by atoms with Gasteiger partial charge in [0, 0.05) is 6.42 Å². The molecule has 17 heavy (non-hydrogen) atoms. The molecule has 0 aromatic rings. The molecule has 0 fully saturated rings. The Labute approximate surface area is 107 Å². The number of esters is 1. The summed E-state index contributed by atoms with van der Waals surface area (Å²) in [4.78, 5) is 11.9. The first kappa shape index (κ1) is 16.5. The molecule has 0 rings (SSSR count). The van der Waals surface area contributed by atoms with Gasteiger partial charge in [0.05, 0.1) is 0 Å². The van der Waals surface area contributed by atoms with Crippen LogP contribution in [0.5, 0.6) is 0 Å². The third-order valence-corrected chi connectivity index (χ3v) is 2.88. The van der Waals surface area contributed by atoms with Crippen LogP contribution in [0.2, 0.25) is 0 Å². The molecule has 0 aliphatic carbocycles. The van der Waals surface area contributed by atoms with Gasteiger partial charge < -0.3 is 4.74 Å². The second-order valence-electron chi connectivity index (χ2n) is 8.08. The molecule has 0 unspecified atom stereocenters. The van der Waals surface area contributed by atoms with Crippen molar-refractivity contribution in [1.29, 1.82) is 0 Å². The maximum Gasteiger partial charge on any atom is 0.306 e. The van der Waals surface area contributed by atoms with E-state index in [1.807, 2.05) is 20.8 Å². The van der Waals surface area contributed by atoms with Crippen LogP contribution >= 0.6 is 0 Å². The Bertz CT molecular complexity index is 244. The third kappa shape index (κ3) is 6.70. The topological polar surface area (TPSA) is 26.3 Å². The van der Waals surface area contributed by atoms with Crippen LogP contribution in [0, 0.1) is 16.7 Å². The molecular formula is C15H30O2. The number of carbonyl (C=O) groups excluding carboxylic acids is 1. The Morgan fingerprint density at radius 2 is 1.24 bits per heavy atom. The molecule has 0 radical (unpaired) electrons. The Morgan fingerprint density at radius 1 is 0.882 bits per heavy atom. The SMILES string of the molecule is CC(C)(C)OC(=O)CC(C(C)(C)C)C(C)(C)C. The van der Waals surface area contributed by atoms with Crippen LogP contribution in [0.4, 0.5) is 0 Å². The molecule has 2 nitrogen and oxygen atoms in total. The van der Waals surface area contributed by atoms with Crippen LogP contribution in [0.1, 0.15) is 68.7 Å². The molecule has 0 amide bonds. The molecule has 0 heterocycles. The van der Waals surface area contributed by atoms with Crippen molar-refractivity contribution >= 4 is 5.97 Å². The second-order valence-corrected chi connectivity index (χ2v) is 8.08. The lowest BCUT2D eigenvalue weighted by atomic mass is 9.65. The molecule has 2 heteroatoms. The fourth-order valence-corrected chi connectivity index (χ4v) is 2.46. The van der Waals surface area contributed by atoms with Crippen LogP contribution < -0.4 is 0 Å². The highest BCUT2D eigenvalue weighted by atomic mass is 16.6. The highest BCUT2D eigenvalue weighted by Crippen LogP contribution is 2.42. The maximum absolute atomic E-state index is 11.9. The fourth-order valence-electron chi connectivity index (χ4n) is 2.46. The zero-order chi connectivity index (χ0) is 14.1. The molecule has 0 aliphatic heterocycles. The van der Waals surface area contributed by atoms with E-state index in [0.717, 1.165) is 0 Å². The first-order chi connectivity index (χ1) is 7.23. The van der Waals surface area contributed by atoms with Gasteiger partial charge >= 0.3 is 5.97 Å². The molecular weight excluding hydrogens is 212 g/mol. The highest BCUT2D eigenvalue weighted by molar-refractivity contribution is 5.70. The number of rotatable bonds is 2. The van der Waals surface area contributed by atoms with Gasteiger partial charge in [0.25, 0.3) is 0 Å². The van der Waals surface area contributed by atoms with E-state index in [-0.39, 0.29) is 16.8 Å². The van der Waals surface area contributed by atoms with Crippen molar-refractivity contribution < 1.29 is 9.53 Å². The highest BCUT2D eigenvalue weighted by Gasteiger charge is 2.37. The van der Waals surface area contributed by atoms with Crippen molar-refractivity contribution in [1.82, 2.24) is 0 Å². The first-order valence-electron chi connectivity index (χ1n) is 6.45. The number of hydrogen-bond acceptors (Lipinski definition) is 2. The van der Waals surface area contributed by atoms with Crippen LogP contribution in [0.3, 0.4) is 0 Å². The maximum atomic E-state index is 11.9. The van der Waals surface area contributed by atoms with E-state index < -0.39 is 5.60 Å². The van der Waals surface area contributed by atoms with Gasteiger partial charge in [0.2, 0.25) is 0 Å². The molecule has 0 spiro atoms. The van der Waals surface area contributed by atoms with E-state index in [0.29, 0.717) is 12.3 Å². The fraction of sp³-hybridized carbons (Fsp3) is 0.933. The molecule has 0 saturated heterocycles. The van der Waals surface area contributed by atoms with Gasteiger partial charge in [0.1, 0.15) is 5.60 Å². The third-order valence-electron chi connectivity index (χ3n) is 2.88. The molecule has 0 bridgehead atoms. The summed E-state index contributed by atoms with van der Waals surface area (Å²) in [6.45, 7) is 18.9. The van der Waals surface area contributed by atoms with Crippen LogP contribution in [0.15, 0.2) is 0 Å². The van der Waals surface area contributed by atoms with E-state index in [1.165, 1.54) is 0 Å². The summed E-state index contributed by atoms with van der Waals surface area (Å²) >= 11 is 0. The van der Waals surface area contributed by atoms with Crippen molar-refractivity contribution in [2.45, 2.75) is 74.3 Å². The molecule has 0 atom stereocenters. The monoisotopic (exact) mass is 242 g/mol. The Hall–Kier alpha value is -0.530. The minimum absolute atomic E-state index is 0.0904. The predicted octanol–water partition coefficient (Wildman–Crippen LogP) is 4.43. The molecule has 0 aromatic carbocycles. The standard InChI is InChI=1S/C15H30O2/c1-13(2,3)11(14(4,5)6)10-12(16)17-15(7,8)9/h11H,10H2,1-9H3. The van der Waals surface area contributed by atoms with Crippen molar-refractivity contribution in [2.24, 2.45) is 16.7 Å². The number of ether oxygens (including phenoxy) is 1. The lowest BCUT2D eigenvalue weighted by Crippen LogP contribution is -2.36. The molecule has 102 valence electrons. The van der Waals surface area contributed by atoms with E-state index in [2.05, 4.69) is 41.5 Å². The minimum Gasteiger partial charge on any atom is -0.460 e. The summed E-state index contributed by atoms with van der Waals surface area (Å²) in [5, 5.41) is 0. The van der Waals surface area contributed by atoms with Gasteiger partial charge in [-0.3, -0.25) is 4.79 Å². The molecule has 0 aromatic heterocycles. The largest absolute Gasteiger partial charge is 0.460 e. The summed E-state index contributed by atoms with van der Waals surface area (Å²) < 4.78 is 5.42. The Kier molecular flexibility index (Phi) is 4.84. The average molecular weight is 242 g/mol. The van der Waals surface area contributed by atoms with Crippen molar-refractivity contribution in [2.75, 3.05) is 0 Å². The van der Waals surface area contributed by atoms with E-state index >= 15 is 0 Å². The van der Waals surface area contributed by atoms with Gasteiger partial charge in [-0.2, -0.15) is 0 Å². The van der Waals surface area contributed by atoms with Gasteiger partial charge in [-0.05, 0) is 37.5 Å². The lowest BCUT2D eigenvalue weighted by molar-refractivity contribution is -0.158. The van der Waals surface area contributed by atoms with Crippen LogP contribution in [-0.4, -0.2) is 11.6 Å². The minimum atomic E-state index is -0.391. The van der Waals surface area contributed by atoms with Crippen molar-refractivity contribution in [3.05, 3.63) is 0 Å². The van der Waals surface area contributed by atoms with Crippen molar-refractivity contribution in [3.8, 4) is 0 Å². The number of hydrogen-bond donors (Lipinski definition) is 0. The van der Waals surface area contributed by atoms with Gasteiger partial charge in [-0.25, -0.2) is 0 Å². The zero-order valence-corrected chi connectivity index (χ0v) is 13.1. The normalized spacial score (nSPS) is 14.0. The summed E-state index contributed by atoms with van der Waals surface area (Å²) in [6.07, 6.45) is 0.490. The van der Waals surface area contributed by atoms with Gasteiger partial charge in [0.15, 0.2) is 0 Å². The molecule has 0 N–H and O–H groups in total. The van der Waals surface area contributed by atoms with E-state index in [4.69, 9.17) is 4.74 Å². The Balaban J connectivity index is 4.75. The predicted molar refractivity (Wildman–Crippen MR) is 72.9 cm³/mol. The Morgan fingerprint density at radius 3 is 1.47 bits per heavy atom. The van der Waals surface area contributed by atoms with E-state index in [1.54, 1.807) is 0 Å². The summed E-state index contributed by atoms with van der Waals surface area (Å²) in [6, 6.07) is 0. The average Bonchev–Trinajstić information content (AvgIpc) is 1.91. The molecule has 0 saturated carbocycles. The lowest BCUT2D eigenvalue weighted by Gasteiger charge is -2.40. The first-order valence-corrected chi connectivity index (χ1v) is 6.45. The summed E-state index contributed by atoms with van der Waals surface area (Å²) in [5.41, 5.74) is -0.179. The second kappa shape index (κ2) is 4.99. The van der Waals surface area contributed by atoms with Crippen molar-refractivity contribution in [3.63, 3.8) is 0 Å². The summed E-state index contributed by atoms with van der Waals surface area (Å²) in [5.74, 6) is 0.220. The summed E-state index contributed by atoms with van der Waals surface area (Å²) in [7, 11) is 0. The van der Waals surface area contributed by atoms with Crippen LogP contribution in [-0.2, 0) is 9.53 Å². The zero-order valence-electron chi connectivity index (χ0n) is 13.1. The van der Waals surface area contributed by atoms with Gasteiger partial charge in [-0.1, -0.05) is 41.5 Å². The number of carbonyl (C=O) groups is 1. The van der Waals surface area contributed by atoms with E-state index in [9.17, 15) is 4.79 Å².